The Kier molecular flexibility index (Phi) is 8.16. The molecule has 1 aliphatic rings. The zero-order valence-electron chi connectivity index (χ0n) is 21.5. The van der Waals surface area contributed by atoms with E-state index >= 15 is 0 Å². The van der Waals surface area contributed by atoms with Crippen LogP contribution in [0.4, 0.5) is 0 Å². The number of nitrogens with zero attached hydrogens (tertiary/aromatic N) is 1. The average Bonchev–Trinajstić information content (AvgIpc) is 2.87. The number of rotatable bonds is 9. The first-order valence-corrected chi connectivity index (χ1v) is 12.4. The predicted molar refractivity (Wildman–Crippen MR) is 140 cm³/mol. The van der Waals surface area contributed by atoms with Crippen molar-refractivity contribution in [1.82, 2.24) is 4.90 Å². The lowest BCUT2D eigenvalue weighted by molar-refractivity contribution is -0.143. The Morgan fingerprint density at radius 2 is 1.58 bits per heavy atom. The van der Waals surface area contributed by atoms with E-state index in [9.17, 15) is 9.90 Å². The van der Waals surface area contributed by atoms with Gasteiger partial charge in [-0.1, -0.05) is 59.7 Å². The van der Waals surface area contributed by atoms with E-state index < -0.39 is 5.97 Å². The molecule has 2 atom stereocenters. The maximum atomic E-state index is 11.9. The van der Waals surface area contributed by atoms with Crippen LogP contribution in [0, 0.1) is 19.8 Å². The zero-order chi connectivity index (χ0) is 25.7. The third kappa shape index (κ3) is 5.82. The minimum atomic E-state index is -0.737. The van der Waals surface area contributed by atoms with E-state index in [1.165, 1.54) is 11.1 Å². The second-order valence-electron chi connectivity index (χ2n) is 9.52. The molecular formula is C30H35NO5. The van der Waals surface area contributed by atoms with Gasteiger partial charge in [0.1, 0.15) is 6.61 Å². The van der Waals surface area contributed by atoms with Gasteiger partial charge in [0.05, 0.1) is 26.2 Å². The Balaban J connectivity index is 1.77. The highest BCUT2D eigenvalue weighted by molar-refractivity contribution is 5.70. The first-order chi connectivity index (χ1) is 17.4. The van der Waals surface area contributed by atoms with Crippen LogP contribution in [-0.4, -0.2) is 43.3 Å². The molecule has 190 valence electrons. The largest absolute Gasteiger partial charge is 0.493 e. The third-order valence-electron chi connectivity index (χ3n) is 6.75. The molecule has 0 aliphatic carbocycles. The number of carbonyl (C=O) groups is 1. The maximum Gasteiger partial charge on any atom is 0.307 e. The molecule has 0 bridgehead atoms. The topological polar surface area (TPSA) is 68.2 Å². The van der Waals surface area contributed by atoms with Crippen LogP contribution in [-0.2, 0) is 11.4 Å². The molecular weight excluding hydrogens is 454 g/mol. The predicted octanol–water partition coefficient (Wildman–Crippen LogP) is 5.79. The Morgan fingerprint density at radius 3 is 2.17 bits per heavy atom. The standard InChI is InChI=1S/C30H35NO5/c1-20-13-21(2)15-24(14-20)28(31-12-8-11-23(18-31)30(32)33)25-16-26(34-3)29(27(17-25)35-4)36-19-22-9-6-5-7-10-22/h5-7,9-10,13-17,23,28H,8,11-12,18-19H2,1-4H3,(H,32,33). The molecule has 36 heavy (non-hydrogen) atoms. The van der Waals surface area contributed by atoms with Crippen LogP contribution >= 0.6 is 0 Å². The fraction of sp³-hybridized carbons (Fsp3) is 0.367. The van der Waals surface area contributed by atoms with Gasteiger partial charge in [0, 0.05) is 6.54 Å². The number of aryl methyl sites for hydroxylation is 2. The summed E-state index contributed by atoms with van der Waals surface area (Å²) in [6, 6.07) is 20.3. The number of likely N-dealkylation sites (tertiary alicyclic amines) is 1. The molecule has 1 aliphatic heterocycles. The van der Waals surface area contributed by atoms with Crippen LogP contribution in [0.2, 0.25) is 0 Å². The molecule has 3 aromatic carbocycles. The summed E-state index contributed by atoms with van der Waals surface area (Å²) in [7, 11) is 3.25. The van der Waals surface area contributed by atoms with Gasteiger partial charge >= 0.3 is 5.97 Å². The normalized spacial score (nSPS) is 16.8. The SMILES string of the molecule is COc1cc(C(c2cc(C)cc(C)c2)N2CCCC(C(=O)O)C2)cc(OC)c1OCc1ccccc1. The van der Waals surface area contributed by atoms with Crippen molar-refractivity contribution in [2.45, 2.75) is 39.3 Å². The molecule has 1 N–H and O–H groups in total. The van der Waals surface area contributed by atoms with Crippen LogP contribution < -0.4 is 14.2 Å². The summed E-state index contributed by atoms with van der Waals surface area (Å²) >= 11 is 0. The lowest BCUT2D eigenvalue weighted by Crippen LogP contribution is -2.41. The maximum absolute atomic E-state index is 11.9. The van der Waals surface area contributed by atoms with Gasteiger partial charge in [-0.2, -0.15) is 0 Å². The Hall–Kier alpha value is -3.51. The molecule has 3 aromatic rings. The first-order valence-electron chi connectivity index (χ1n) is 12.4. The van der Waals surface area contributed by atoms with Crippen LogP contribution in [0.5, 0.6) is 17.2 Å². The monoisotopic (exact) mass is 489 g/mol. The molecule has 0 radical (unpaired) electrons. The van der Waals surface area contributed by atoms with E-state index in [0.717, 1.165) is 29.7 Å². The molecule has 1 heterocycles. The van der Waals surface area contributed by atoms with E-state index in [1.54, 1.807) is 14.2 Å². The van der Waals surface area contributed by atoms with Gasteiger partial charge in [0.25, 0.3) is 0 Å². The van der Waals surface area contributed by atoms with Gasteiger partial charge in [0.15, 0.2) is 11.5 Å². The number of hydrogen-bond acceptors (Lipinski definition) is 5. The van der Waals surface area contributed by atoms with Gasteiger partial charge < -0.3 is 19.3 Å². The molecule has 0 amide bonds. The van der Waals surface area contributed by atoms with Crippen molar-refractivity contribution in [1.29, 1.82) is 0 Å². The van der Waals surface area contributed by atoms with Crippen molar-refractivity contribution >= 4 is 5.97 Å². The number of carboxylic acid groups (broad SMARTS) is 1. The number of ether oxygens (including phenoxy) is 3. The zero-order valence-corrected chi connectivity index (χ0v) is 21.5. The Bertz CT molecular complexity index is 1150. The van der Waals surface area contributed by atoms with Gasteiger partial charge in [-0.3, -0.25) is 9.69 Å². The summed E-state index contributed by atoms with van der Waals surface area (Å²) in [5.74, 6) is 0.597. The van der Waals surface area contributed by atoms with Crippen molar-refractivity contribution in [3.63, 3.8) is 0 Å². The fourth-order valence-electron chi connectivity index (χ4n) is 5.15. The van der Waals surface area contributed by atoms with Crippen molar-refractivity contribution in [3.8, 4) is 17.2 Å². The molecule has 6 nitrogen and oxygen atoms in total. The van der Waals surface area contributed by atoms with Crippen LogP contribution in [0.25, 0.3) is 0 Å². The van der Waals surface area contributed by atoms with E-state index in [2.05, 4.69) is 36.9 Å². The lowest BCUT2D eigenvalue weighted by atomic mass is 9.90. The minimum absolute atomic E-state index is 0.142. The molecule has 6 heteroatoms. The van der Waals surface area contributed by atoms with Gasteiger partial charge in [-0.05, 0) is 62.1 Å². The summed E-state index contributed by atoms with van der Waals surface area (Å²) in [6.07, 6.45) is 1.54. The number of piperidine rings is 1. The number of methoxy groups -OCH3 is 2. The number of carboxylic acids is 1. The molecule has 0 saturated carbocycles. The van der Waals surface area contributed by atoms with Crippen molar-refractivity contribution in [2.24, 2.45) is 5.92 Å². The van der Waals surface area contributed by atoms with Crippen molar-refractivity contribution in [3.05, 3.63) is 88.5 Å². The molecule has 4 rings (SSSR count). The van der Waals surface area contributed by atoms with E-state index in [1.807, 2.05) is 42.5 Å². The number of hydrogen-bond donors (Lipinski definition) is 1. The van der Waals surface area contributed by atoms with Gasteiger partial charge in [-0.15, -0.1) is 0 Å². The Labute approximate surface area is 213 Å². The number of benzene rings is 3. The highest BCUT2D eigenvalue weighted by atomic mass is 16.5. The van der Waals surface area contributed by atoms with E-state index in [4.69, 9.17) is 14.2 Å². The fourth-order valence-corrected chi connectivity index (χ4v) is 5.15. The molecule has 1 saturated heterocycles. The summed E-state index contributed by atoms with van der Waals surface area (Å²) in [4.78, 5) is 14.1. The Morgan fingerprint density at radius 1 is 0.972 bits per heavy atom. The lowest BCUT2D eigenvalue weighted by Gasteiger charge is -2.38. The quantitative estimate of drug-likeness (QED) is 0.411. The smallest absolute Gasteiger partial charge is 0.307 e. The third-order valence-corrected chi connectivity index (χ3v) is 6.75. The van der Waals surface area contributed by atoms with Crippen LogP contribution in [0.3, 0.4) is 0 Å². The second-order valence-corrected chi connectivity index (χ2v) is 9.52. The second kappa shape index (κ2) is 11.5. The summed E-state index contributed by atoms with van der Waals surface area (Å²) in [5.41, 5.74) is 5.49. The summed E-state index contributed by atoms with van der Waals surface area (Å²) < 4.78 is 17.7. The van der Waals surface area contributed by atoms with E-state index in [0.29, 0.717) is 36.8 Å². The molecule has 0 spiro atoms. The minimum Gasteiger partial charge on any atom is -0.493 e. The molecule has 1 fully saturated rings. The summed E-state index contributed by atoms with van der Waals surface area (Å²) in [5, 5.41) is 9.74. The van der Waals surface area contributed by atoms with Crippen LogP contribution in [0.1, 0.15) is 46.7 Å². The highest BCUT2D eigenvalue weighted by Gasteiger charge is 2.32. The van der Waals surface area contributed by atoms with Gasteiger partial charge in [-0.25, -0.2) is 0 Å². The van der Waals surface area contributed by atoms with Gasteiger partial charge in [0.2, 0.25) is 5.75 Å². The first kappa shape index (κ1) is 25.6. The number of aliphatic carboxylic acids is 1. The molecule has 0 aromatic heterocycles. The average molecular weight is 490 g/mol. The van der Waals surface area contributed by atoms with Crippen LogP contribution in [0.15, 0.2) is 60.7 Å². The molecule has 2 unspecified atom stereocenters. The van der Waals surface area contributed by atoms with E-state index in [-0.39, 0.29) is 12.0 Å². The van der Waals surface area contributed by atoms with Crippen molar-refractivity contribution < 1.29 is 24.1 Å². The highest BCUT2D eigenvalue weighted by Crippen LogP contribution is 2.43. The summed E-state index contributed by atoms with van der Waals surface area (Å²) in [6.45, 7) is 5.87. The van der Waals surface area contributed by atoms with Crippen molar-refractivity contribution in [2.75, 3.05) is 27.3 Å².